The van der Waals surface area contributed by atoms with Crippen LogP contribution in [0.3, 0.4) is 0 Å². The Kier molecular flexibility index (Phi) is 6.76. The molecule has 0 aliphatic rings. The molecule has 0 saturated carbocycles. The number of benzene rings is 2. The highest BCUT2D eigenvalue weighted by molar-refractivity contribution is 7.12. The number of ether oxygens (including phenoxy) is 1. The quantitative estimate of drug-likeness (QED) is 0.474. The standard InChI is InChI=1S/C23H24ClNO2S/c1-15(2)18-7-9-19(10-8-18)16(3)25-23(26)22-11-17(14-28-22)13-27-21-6-4-5-20(24)12-21/h4-12,14-16H,13H2,1-3H3,(H,25,26). The third-order valence-corrected chi connectivity index (χ3v) is 5.74. The highest BCUT2D eigenvalue weighted by Crippen LogP contribution is 2.22. The predicted molar refractivity (Wildman–Crippen MR) is 117 cm³/mol. The molecule has 1 aromatic heterocycles. The molecule has 0 aliphatic heterocycles. The molecule has 146 valence electrons. The second-order valence-electron chi connectivity index (χ2n) is 7.08. The normalized spacial score (nSPS) is 12.0. The molecule has 1 N–H and O–H groups in total. The zero-order valence-electron chi connectivity index (χ0n) is 16.2. The van der Waals surface area contributed by atoms with E-state index in [1.54, 1.807) is 12.1 Å². The summed E-state index contributed by atoms with van der Waals surface area (Å²) in [6, 6.07) is 17.5. The predicted octanol–water partition coefficient (Wildman–Crippen LogP) is 6.59. The van der Waals surface area contributed by atoms with Crippen molar-refractivity contribution in [1.29, 1.82) is 0 Å². The van der Waals surface area contributed by atoms with Gasteiger partial charge in [-0.2, -0.15) is 0 Å². The maximum Gasteiger partial charge on any atom is 0.261 e. The Morgan fingerprint density at radius 1 is 1.07 bits per heavy atom. The summed E-state index contributed by atoms with van der Waals surface area (Å²) in [6.07, 6.45) is 0. The van der Waals surface area contributed by atoms with Crippen molar-refractivity contribution >= 4 is 28.8 Å². The summed E-state index contributed by atoms with van der Waals surface area (Å²) in [6.45, 7) is 6.74. The molecule has 2 aromatic carbocycles. The second-order valence-corrected chi connectivity index (χ2v) is 8.43. The molecular weight excluding hydrogens is 390 g/mol. The Bertz CT molecular complexity index is 934. The first-order valence-electron chi connectivity index (χ1n) is 9.29. The summed E-state index contributed by atoms with van der Waals surface area (Å²) in [4.78, 5) is 13.3. The third-order valence-electron chi connectivity index (χ3n) is 4.53. The van der Waals surface area contributed by atoms with E-state index in [4.69, 9.17) is 16.3 Å². The summed E-state index contributed by atoms with van der Waals surface area (Å²) in [5.41, 5.74) is 3.35. The van der Waals surface area contributed by atoms with Crippen molar-refractivity contribution in [3.8, 4) is 5.75 Å². The Labute approximate surface area is 175 Å². The van der Waals surface area contributed by atoms with Crippen LogP contribution in [0.1, 0.15) is 59.1 Å². The van der Waals surface area contributed by atoms with E-state index in [-0.39, 0.29) is 11.9 Å². The molecule has 1 amide bonds. The highest BCUT2D eigenvalue weighted by Gasteiger charge is 2.14. The molecule has 0 aliphatic carbocycles. The van der Waals surface area contributed by atoms with Gasteiger partial charge in [-0.05, 0) is 53.6 Å². The molecule has 0 saturated heterocycles. The van der Waals surface area contributed by atoms with E-state index >= 15 is 0 Å². The zero-order valence-corrected chi connectivity index (χ0v) is 17.8. The number of carbonyl (C=O) groups is 1. The molecule has 1 atom stereocenters. The van der Waals surface area contributed by atoms with Crippen molar-refractivity contribution in [1.82, 2.24) is 5.32 Å². The van der Waals surface area contributed by atoms with E-state index in [9.17, 15) is 4.79 Å². The van der Waals surface area contributed by atoms with Crippen molar-refractivity contribution in [2.24, 2.45) is 0 Å². The van der Waals surface area contributed by atoms with Gasteiger partial charge in [0, 0.05) is 10.6 Å². The lowest BCUT2D eigenvalue weighted by Crippen LogP contribution is -2.25. The van der Waals surface area contributed by atoms with Crippen molar-refractivity contribution < 1.29 is 9.53 Å². The minimum absolute atomic E-state index is 0.0537. The molecule has 0 spiro atoms. The van der Waals surface area contributed by atoms with Gasteiger partial charge in [0.05, 0.1) is 10.9 Å². The molecule has 0 fully saturated rings. The third kappa shape index (κ3) is 5.37. The average Bonchev–Trinajstić information content (AvgIpc) is 3.16. The molecule has 3 aromatic rings. The van der Waals surface area contributed by atoms with Gasteiger partial charge < -0.3 is 10.1 Å². The maximum absolute atomic E-state index is 12.6. The average molecular weight is 414 g/mol. The number of hydrogen-bond donors (Lipinski definition) is 1. The topological polar surface area (TPSA) is 38.3 Å². The molecule has 28 heavy (non-hydrogen) atoms. The van der Waals surface area contributed by atoms with Gasteiger partial charge in [0.2, 0.25) is 0 Å². The minimum Gasteiger partial charge on any atom is -0.489 e. The van der Waals surface area contributed by atoms with Gasteiger partial charge in [-0.3, -0.25) is 4.79 Å². The molecular formula is C23H24ClNO2S. The zero-order chi connectivity index (χ0) is 20.1. The lowest BCUT2D eigenvalue weighted by molar-refractivity contribution is 0.0944. The van der Waals surface area contributed by atoms with Crippen LogP contribution in [0.4, 0.5) is 0 Å². The Balaban J connectivity index is 1.57. The van der Waals surface area contributed by atoms with Crippen molar-refractivity contribution in [3.05, 3.63) is 86.6 Å². The molecule has 1 heterocycles. The highest BCUT2D eigenvalue weighted by atomic mass is 35.5. The van der Waals surface area contributed by atoms with Crippen LogP contribution in [0.25, 0.3) is 0 Å². The van der Waals surface area contributed by atoms with Gasteiger partial charge in [-0.1, -0.05) is 55.8 Å². The molecule has 3 nitrogen and oxygen atoms in total. The van der Waals surface area contributed by atoms with Crippen molar-refractivity contribution in [3.63, 3.8) is 0 Å². The molecule has 5 heteroatoms. The summed E-state index contributed by atoms with van der Waals surface area (Å²) in [5, 5.41) is 5.65. The number of rotatable bonds is 7. The number of nitrogens with one attached hydrogen (secondary N) is 1. The Morgan fingerprint density at radius 2 is 1.79 bits per heavy atom. The van der Waals surface area contributed by atoms with E-state index in [2.05, 4.69) is 43.4 Å². The molecule has 0 bridgehead atoms. The Hall–Kier alpha value is -2.30. The number of amides is 1. The van der Waals surface area contributed by atoms with Crippen LogP contribution in [0, 0.1) is 0 Å². The fraction of sp³-hybridized carbons (Fsp3) is 0.261. The summed E-state index contributed by atoms with van der Waals surface area (Å²) in [7, 11) is 0. The van der Waals surface area contributed by atoms with Crippen LogP contribution < -0.4 is 10.1 Å². The van der Waals surface area contributed by atoms with E-state index in [1.807, 2.05) is 30.5 Å². The van der Waals surface area contributed by atoms with Crippen molar-refractivity contribution in [2.75, 3.05) is 0 Å². The summed E-state index contributed by atoms with van der Waals surface area (Å²) >= 11 is 7.39. The molecule has 0 radical (unpaired) electrons. The summed E-state index contributed by atoms with van der Waals surface area (Å²) < 4.78 is 5.74. The van der Waals surface area contributed by atoms with Crippen molar-refractivity contribution in [2.45, 2.75) is 39.3 Å². The second kappa shape index (κ2) is 9.26. The van der Waals surface area contributed by atoms with Gasteiger partial charge >= 0.3 is 0 Å². The number of hydrogen-bond acceptors (Lipinski definition) is 3. The SMILES string of the molecule is CC(C)c1ccc(C(C)NC(=O)c2cc(COc3cccc(Cl)c3)cs2)cc1. The Morgan fingerprint density at radius 3 is 2.46 bits per heavy atom. The van der Waals surface area contributed by atoms with Gasteiger partial charge in [0.25, 0.3) is 5.91 Å². The summed E-state index contributed by atoms with van der Waals surface area (Å²) in [5.74, 6) is 1.14. The van der Waals surface area contributed by atoms with E-state index in [0.29, 0.717) is 28.2 Å². The van der Waals surface area contributed by atoms with Crippen LogP contribution in [0.2, 0.25) is 5.02 Å². The fourth-order valence-corrected chi connectivity index (χ4v) is 3.79. The van der Waals surface area contributed by atoms with Gasteiger partial charge in [-0.15, -0.1) is 11.3 Å². The minimum atomic E-state index is -0.0700. The first-order valence-corrected chi connectivity index (χ1v) is 10.5. The van der Waals surface area contributed by atoms with Gasteiger partial charge in [-0.25, -0.2) is 0 Å². The van der Waals surface area contributed by atoms with E-state index < -0.39 is 0 Å². The largest absolute Gasteiger partial charge is 0.489 e. The van der Waals surface area contributed by atoms with Crippen LogP contribution in [0.5, 0.6) is 5.75 Å². The van der Waals surface area contributed by atoms with E-state index in [0.717, 1.165) is 11.1 Å². The van der Waals surface area contributed by atoms with Crippen LogP contribution in [0.15, 0.2) is 60.0 Å². The fourth-order valence-electron chi connectivity index (χ4n) is 2.81. The first-order chi connectivity index (χ1) is 13.4. The van der Waals surface area contributed by atoms with Gasteiger partial charge in [0.1, 0.15) is 12.4 Å². The molecule has 3 rings (SSSR count). The van der Waals surface area contributed by atoms with Gasteiger partial charge in [0.15, 0.2) is 0 Å². The van der Waals surface area contributed by atoms with Crippen LogP contribution in [-0.2, 0) is 6.61 Å². The monoisotopic (exact) mass is 413 g/mol. The number of carbonyl (C=O) groups excluding carboxylic acids is 1. The smallest absolute Gasteiger partial charge is 0.261 e. The van der Waals surface area contributed by atoms with E-state index in [1.165, 1.54) is 16.9 Å². The maximum atomic E-state index is 12.6. The van der Waals surface area contributed by atoms with Crippen LogP contribution in [-0.4, -0.2) is 5.91 Å². The van der Waals surface area contributed by atoms with Crippen LogP contribution >= 0.6 is 22.9 Å². The lowest BCUT2D eigenvalue weighted by atomic mass is 9.99. The number of halogens is 1. The lowest BCUT2D eigenvalue weighted by Gasteiger charge is -2.15. The molecule has 1 unspecified atom stereocenters. The first kappa shape index (κ1) is 20.4. The number of thiophene rings is 1.